The topological polar surface area (TPSA) is 106 Å². The normalized spacial score (nSPS) is 14.5. The molecule has 4 aromatic rings. The average Bonchev–Trinajstić information content (AvgIpc) is 3.21. The summed E-state index contributed by atoms with van der Waals surface area (Å²) in [6, 6.07) is 5.92. The fraction of sp³-hybridized carbons (Fsp3) is 0.200. The van der Waals surface area contributed by atoms with E-state index in [1.165, 1.54) is 48.8 Å². The van der Waals surface area contributed by atoms with Crippen molar-refractivity contribution in [2.75, 3.05) is 0 Å². The summed E-state index contributed by atoms with van der Waals surface area (Å²) in [5.74, 6) is -1.88. The van der Waals surface area contributed by atoms with Crippen LogP contribution in [0.1, 0.15) is 18.5 Å². The molecule has 0 saturated heterocycles. The van der Waals surface area contributed by atoms with E-state index >= 15 is 0 Å². The summed E-state index contributed by atoms with van der Waals surface area (Å²) >= 11 is 0. The zero-order valence-corrected chi connectivity index (χ0v) is 15.8. The highest BCUT2D eigenvalue weighted by molar-refractivity contribution is 5.78. The highest BCUT2D eigenvalue weighted by Crippen LogP contribution is 2.36. The number of aromatic nitrogens is 5. The number of hydrogen-bond donors (Lipinski definition) is 2. The van der Waals surface area contributed by atoms with Crippen LogP contribution in [0.2, 0.25) is 0 Å². The molecule has 0 fully saturated rings. The summed E-state index contributed by atoms with van der Waals surface area (Å²) in [7, 11) is 0. The van der Waals surface area contributed by atoms with E-state index in [9.17, 15) is 23.8 Å². The van der Waals surface area contributed by atoms with Crippen LogP contribution in [0.15, 0.2) is 60.2 Å². The second-order valence-electron chi connectivity index (χ2n) is 6.98. The fourth-order valence-electron chi connectivity index (χ4n) is 3.47. The molecule has 2 unspecified atom stereocenters. The van der Waals surface area contributed by atoms with Crippen molar-refractivity contribution in [3.05, 3.63) is 82.9 Å². The summed E-state index contributed by atoms with van der Waals surface area (Å²) in [6.45, 7) is 1.25. The number of phenols is 1. The van der Waals surface area contributed by atoms with Gasteiger partial charge >= 0.3 is 0 Å². The molecule has 2 aromatic carbocycles. The van der Waals surface area contributed by atoms with Gasteiger partial charge < -0.3 is 10.2 Å². The maximum absolute atomic E-state index is 14.7. The number of benzene rings is 2. The molecule has 4 rings (SSSR count). The first-order chi connectivity index (χ1) is 14.3. The van der Waals surface area contributed by atoms with Gasteiger partial charge in [-0.1, -0.05) is 6.07 Å². The Balaban J connectivity index is 1.90. The number of hydrogen-bond acceptors (Lipinski definition) is 6. The zero-order chi connectivity index (χ0) is 21.5. The number of halogens is 2. The quantitative estimate of drug-likeness (QED) is 0.519. The van der Waals surface area contributed by atoms with Gasteiger partial charge in [0.25, 0.3) is 5.56 Å². The van der Waals surface area contributed by atoms with Crippen molar-refractivity contribution in [3.8, 4) is 5.75 Å². The minimum absolute atomic E-state index is 0.116. The van der Waals surface area contributed by atoms with E-state index in [1.54, 1.807) is 0 Å². The van der Waals surface area contributed by atoms with Crippen molar-refractivity contribution < 1.29 is 19.0 Å². The largest absolute Gasteiger partial charge is 0.508 e. The van der Waals surface area contributed by atoms with E-state index < -0.39 is 28.8 Å². The SMILES string of the molecule is CC(n1cnc2ccc(O)cc2c1=O)C(O)(Cn1cncn1)c1ccc(F)cc1F. The Hall–Kier alpha value is -3.66. The van der Waals surface area contributed by atoms with Crippen LogP contribution in [0.3, 0.4) is 0 Å². The molecule has 0 saturated carbocycles. The standard InChI is InChI=1S/C20H17F2N5O3/c1-12(27-11-24-18-5-3-14(28)7-15(18)19(27)29)20(30,8-26-10-23-9-25-26)16-4-2-13(21)6-17(16)22/h2-7,9-12,28,30H,8H2,1H3. The number of nitrogens with zero attached hydrogens (tertiary/aromatic N) is 5. The molecule has 8 nitrogen and oxygen atoms in total. The van der Waals surface area contributed by atoms with Gasteiger partial charge in [0.2, 0.25) is 0 Å². The number of fused-ring (bicyclic) bond motifs is 1. The molecule has 0 amide bonds. The van der Waals surface area contributed by atoms with Crippen LogP contribution in [-0.2, 0) is 12.1 Å². The Bertz CT molecular complexity index is 1280. The minimum atomic E-state index is -2.01. The summed E-state index contributed by atoms with van der Waals surface area (Å²) in [6.07, 6.45) is 3.82. The number of phenolic OH excluding ortho intramolecular Hbond substituents is 1. The predicted octanol–water partition coefficient (Wildman–Crippen LogP) is 2.12. The molecule has 10 heteroatoms. The average molecular weight is 413 g/mol. The van der Waals surface area contributed by atoms with E-state index in [0.29, 0.717) is 11.6 Å². The first-order valence-corrected chi connectivity index (χ1v) is 9.00. The Labute approximate surface area is 168 Å². The van der Waals surface area contributed by atoms with Crippen LogP contribution in [0.25, 0.3) is 10.9 Å². The van der Waals surface area contributed by atoms with Crippen LogP contribution >= 0.6 is 0 Å². The van der Waals surface area contributed by atoms with Crippen LogP contribution < -0.4 is 5.56 Å². The lowest BCUT2D eigenvalue weighted by Gasteiger charge is -2.35. The van der Waals surface area contributed by atoms with Gasteiger partial charge in [0.1, 0.15) is 35.6 Å². The van der Waals surface area contributed by atoms with Gasteiger partial charge in [-0.05, 0) is 31.2 Å². The van der Waals surface area contributed by atoms with E-state index in [2.05, 4.69) is 15.1 Å². The van der Waals surface area contributed by atoms with Crippen molar-refractivity contribution in [3.63, 3.8) is 0 Å². The summed E-state index contributed by atoms with van der Waals surface area (Å²) in [4.78, 5) is 21.1. The molecule has 0 radical (unpaired) electrons. The van der Waals surface area contributed by atoms with E-state index in [4.69, 9.17) is 0 Å². The maximum atomic E-state index is 14.7. The van der Waals surface area contributed by atoms with Gasteiger partial charge in [0, 0.05) is 11.6 Å². The third kappa shape index (κ3) is 3.30. The molecule has 154 valence electrons. The van der Waals surface area contributed by atoms with Crippen molar-refractivity contribution in [2.24, 2.45) is 0 Å². The molecule has 2 atom stereocenters. The molecule has 0 spiro atoms. The Morgan fingerprint density at radius 3 is 2.67 bits per heavy atom. The highest BCUT2D eigenvalue weighted by Gasteiger charge is 2.41. The lowest BCUT2D eigenvalue weighted by molar-refractivity contribution is -0.0343. The monoisotopic (exact) mass is 413 g/mol. The van der Waals surface area contributed by atoms with Gasteiger partial charge in [-0.15, -0.1) is 0 Å². The molecular weight excluding hydrogens is 396 g/mol. The molecule has 0 aliphatic heterocycles. The number of aliphatic hydroxyl groups is 1. The van der Waals surface area contributed by atoms with Gasteiger partial charge in [-0.3, -0.25) is 9.36 Å². The van der Waals surface area contributed by atoms with Crippen molar-refractivity contribution >= 4 is 10.9 Å². The summed E-state index contributed by atoms with van der Waals surface area (Å²) in [5.41, 5.74) is -2.41. The van der Waals surface area contributed by atoms with Gasteiger partial charge in [-0.25, -0.2) is 23.4 Å². The van der Waals surface area contributed by atoms with Gasteiger partial charge in [0.05, 0.1) is 29.8 Å². The van der Waals surface area contributed by atoms with Gasteiger partial charge in [0.15, 0.2) is 0 Å². The lowest BCUT2D eigenvalue weighted by Crippen LogP contribution is -2.43. The smallest absolute Gasteiger partial charge is 0.261 e. The fourth-order valence-corrected chi connectivity index (χ4v) is 3.47. The second-order valence-corrected chi connectivity index (χ2v) is 6.98. The predicted molar refractivity (Wildman–Crippen MR) is 103 cm³/mol. The highest BCUT2D eigenvalue weighted by atomic mass is 19.1. The Kier molecular flexibility index (Phi) is 4.78. The van der Waals surface area contributed by atoms with E-state index in [-0.39, 0.29) is 23.2 Å². The van der Waals surface area contributed by atoms with Gasteiger partial charge in [-0.2, -0.15) is 5.10 Å². The van der Waals surface area contributed by atoms with Crippen LogP contribution in [0.4, 0.5) is 8.78 Å². The van der Waals surface area contributed by atoms with E-state index in [1.807, 2.05) is 0 Å². The Morgan fingerprint density at radius 1 is 1.17 bits per heavy atom. The van der Waals surface area contributed by atoms with E-state index in [0.717, 1.165) is 16.7 Å². The summed E-state index contributed by atoms with van der Waals surface area (Å²) in [5, 5.41) is 25.4. The molecule has 2 heterocycles. The maximum Gasteiger partial charge on any atom is 0.261 e. The first kappa shape index (κ1) is 19.6. The zero-order valence-electron chi connectivity index (χ0n) is 15.8. The summed E-state index contributed by atoms with van der Waals surface area (Å²) < 4.78 is 30.6. The first-order valence-electron chi connectivity index (χ1n) is 9.00. The molecule has 2 aromatic heterocycles. The number of aromatic hydroxyl groups is 1. The molecule has 30 heavy (non-hydrogen) atoms. The molecular formula is C20H17F2N5O3. The minimum Gasteiger partial charge on any atom is -0.508 e. The van der Waals surface area contributed by atoms with Crippen molar-refractivity contribution in [2.45, 2.75) is 25.1 Å². The molecule has 0 aliphatic carbocycles. The van der Waals surface area contributed by atoms with Crippen molar-refractivity contribution in [1.29, 1.82) is 0 Å². The number of rotatable bonds is 5. The van der Waals surface area contributed by atoms with Crippen LogP contribution in [0.5, 0.6) is 5.75 Å². The van der Waals surface area contributed by atoms with Crippen LogP contribution in [-0.4, -0.2) is 34.5 Å². The lowest BCUT2D eigenvalue weighted by atomic mass is 9.86. The second kappa shape index (κ2) is 7.30. The molecule has 0 bridgehead atoms. The molecule has 2 N–H and O–H groups in total. The Morgan fingerprint density at radius 2 is 1.97 bits per heavy atom. The van der Waals surface area contributed by atoms with Crippen LogP contribution in [0, 0.1) is 11.6 Å². The third-order valence-electron chi connectivity index (χ3n) is 5.14. The van der Waals surface area contributed by atoms with Crippen molar-refractivity contribution in [1.82, 2.24) is 24.3 Å². The molecule has 0 aliphatic rings. The third-order valence-corrected chi connectivity index (χ3v) is 5.14.